The molecule has 0 saturated carbocycles. The zero-order valence-corrected chi connectivity index (χ0v) is 10.8. The fourth-order valence-corrected chi connectivity index (χ4v) is 2.58. The number of halogens is 1. The molecule has 0 radical (unpaired) electrons. The second-order valence-corrected chi connectivity index (χ2v) is 5.04. The van der Waals surface area contributed by atoms with Gasteiger partial charge >= 0.3 is 6.03 Å². The van der Waals surface area contributed by atoms with Crippen molar-refractivity contribution < 1.29 is 9.59 Å². The predicted molar refractivity (Wildman–Crippen MR) is 67.9 cm³/mol. The lowest BCUT2D eigenvalue weighted by Crippen LogP contribution is -2.55. The highest BCUT2D eigenvalue weighted by molar-refractivity contribution is 6.29. The van der Waals surface area contributed by atoms with Gasteiger partial charge in [0.2, 0.25) is 5.95 Å². The highest BCUT2D eigenvalue weighted by Gasteiger charge is 2.48. The Morgan fingerprint density at radius 1 is 1.32 bits per heavy atom. The predicted octanol–water partition coefficient (Wildman–Crippen LogP) is 0.308. The molecule has 2 aliphatic rings. The van der Waals surface area contributed by atoms with Crippen LogP contribution in [0.15, 0.2) is 12.3 Å². The van der Waals surface area contributed by atoms with Gasteiger partial charge in [-0.2, -0.15) is 0 Å². The van der Waals surface area contributed by atoms with E-state index in [0.717, 1.165) is 0 Å². The summed E-state index contributed by atoms with van der Waals surface area (Å²) in [7, 11) is 0. The number of rotatable bonds is 1. The van der Waals surface area contributed by atoms with E-state index in [0.29, 0.717) is 37.0 Å². The van der Waals surface area contributed by atoms with E-state index in [1.165, 1.54) is 0 Å². The minimum atomic E-state index is -0.772. The Balaban J connectivity index is 1.73. The van der Waals surface area contributed by atoms with Crippen molar-refractivity contribution in [2.24, 2.45) is 0 Å². The van der Waals surface area contributed by atoms with Crippen LogP contribution >= 0.6 is 11.6 Å². The largest absolute Gasteiger partial charge is 0.341 e. The molecule has 0 atom stereocenters. The number of hydrogen-bond donors (Lipinski definition) is 2. The number of urea groups is 1. The number of piperidine rings is 1. The molecule has 8 heteroatoms. The maximum atomic E-state index is 11.8. The third kappa shape index (κ3) is 2.10. The van der Waals surface area contributed by atoms with Crippen molar-refractivity contribution in [3.05, 3.63) is 17.4 Å². The van der Waals surface area contributed by atoms with Crippen LogP contribution in [-0.4, -0.2) is 40.5 Å². The lowest BCUT2D eigenvalue weighted by molar-refractivity contribution is -0.124. The van der Waals surface area contributed by atoms with E-state index >= 15 is 0 Å². The number of amides is 3. The number of aromatic nitrogens is 2. The fraction of sp³-hybridized carbons (Fsp3) is 0.455. The van der Waals surface area contributed by atoms with Crippen LogP contribution in [0.4, 0.5) is 10.7 Å². The van der Waals surface area contributed by atoms with Gasteiger partial charge in [0.05, 0.1) is 0 Å². The summed E-state index contributed by atoms with van der Waals surface area (Å²) in [5, 5.41) is 5.38. The van der Waals surface area contributed by atoms with E-state index in [4.69, 9.17) is 11.6 Å². The number of imide groups is 1. The summed E-state index contributed by atoms with van der Waals surface area (Å²) in [5.41, 5.74) is -0.772. The molecule has 0 aliphatic carbocycles. The Hall–Kier alpha value is -1.89. The standard InChI is InChI=1S/C11H12ClN5O2/c12-7-1-4-13-9(14-7)17-5-2-11(3-6-17)8(18)15-10(19)16-11/h1,4H,2-3,5-6H2,(H2,15,16,18,19). The van der Waals surface area contributed by atoms with E-state index < -0.39 is 11.6 Å². The van der Waals surface area contributed by atoms with Gasteiger partial charge in [0.25, 0.3) is 5.91 Å². The number of hydrogen-bond acceptors (Lipinski definition) is 5. The Morgan fingerprint density at radius 2 is 2.05 bits per heavy atom. The number of anilines is 1. The number of nitrogens with one attached hydrogen (secondary N) is 2. The third-order valence-corrected chi connectivity index (χ3v) is 3.73. The summed E-state index contributed by atoms with van der Waals surface area (Å²) >= 11 is 5.83. The quantitative estimate of drug-likeness (QED) is 0.571. The van der Waals surface area contributed by atoms with Crippen LogP contribution < -0.4 is 15.5 Å². The van der Waals surface area contributed by atoms with E-state index in [-0.39, 0.29) is 5.91 Å². The zero-order valence-electron chi connectivity index (χ0n) is 10.0. The first-order chi connectivity index (χ1) is 9.09. The molecule has 1 aromatic heterocycles. The molecule has 3 heterocycles. The van der Waals surface area contributed by atoms with E-state index in [1.54, 1.807) is 12.3 Å². The maximum absolute atomic E-state index is 11.8. The van der Waals surface area contributed by atoms with E-state index in [2.05, 4.69) is 20.6 Å². The van der Waals surface area contributed by atoms with Crippen molar-refractivity contribution in [2.75, 3.05) is 18.0 Å². The highest BCUT2D eigenvalue weighted by Crippen LogP contribution is 2.27. The van der Waals surface area contributed by atoms with Crippen molar-refractivity contribution in [3.63, 3.8) is 0 Å². The molecule has 2 N–H and O–H groups in total. The second kappa shape index (κ2) is 4.34. The molecule has 19 heavy (non-hydrogen) atoms. The molecular formula is C11H12ClN5O2. The van der Waals surface area contributed by atoms with Crippen LogP contribution in [-0.2, 0) is 4.79 Å². The highest BCUT2D eigenvalue weighted by atomic mass is 35.5. The molecular weight excluding hydrogens is 270 g/mol. The molecule has 2 saturated heterocycles. The Labute approximate surface area is 114 Å². The molecule has 1 spiro atoms. The summed E-state index contributed by atoms with van der Waals surface area (Å²) in [6.45, 7) is 1.18. The zero-order chi connectivity index (χ0) is 13.5. The lowest BCUT2D eigenvalue weighted by atomic mass is 9.88. The molecule has 7 nitrogen and oxygen atoms in total. The molecule has 0 aromatic carbocycles. The topological polar surface area (TPSA) is 87.2 Å². The molecule has 3 amide bonds. The second-order valence-electron chi connectivity index (χ2n) is 4.66. The van der Waals surface area contributed by atoms with Crippen LogP contribution in [0.25, 0.3) is 0 Å². The van der Waals surface area contributed by atoms with E-state index in [9.17, 15) is 9.59 Å². The van der Waals surface area contributed by atoms with Gasteiger partial charge in [0, 0.05) is 19.3 Å². The molecule has 2 aliphatic heterocycles. The Kier molecular flexibility index (Phi) is 2.78. The van der Waals surface area contributed by atoms with Crippen molar-refractivity contribution in [2.45, 2.75) is 18.4 Å². The number of nitrogens with zero attached hydrogens (tertiary/aromatic N) is 3. The summed E-state index contributed by atoms with van der Waals surface area (Å²) in [5.74, 6) is 0.302. The van der Waals surface area contributed by atoms with Crippen molar-refractivity contribution in [3.8, 4) is 0 Å². The van der Waals surface area contributed by atoms with Gasteiger partial charge < -0.3 is 10.2 Å². The molecule has 0 unspecified atom stereocenters. The van der Waals surface area contributed by atoms with Crippen LogP contribution in [0, 0.1) is 0 Å². The molecule has 3 rings (SSSR count). The molecule has 2 fully saturated rings. The summed E-state index contributed by atoms with van der Waals surface area (Å²) in [6.07, 6.45) is 2.65. The van der Waals surface area contributed by atoms with Crippen LogP contribution in [0.2, 0.25) is 5.15 Å². The summed E-state index contributed by atoms with van der Waals surface area (Å²) in [6, 6.07) is 1.19. The Morgan fingerprint density at radius 3 is 2.63 bits per heavy atom. The SMILES string of the molecule is O=C1NC(=O)C2(CCN(c3nccc(Cl)n3)CC2)N1. The van der Waals surface area contributed by atoms with Crippen LogP contribution in [0.1, 0.15) is 12.8 Å². The minimum Gasteiger partial charge on any atom is -0.341 e. The first-order valence-electron chi connectivity index (χ1n) is 5.96. The van der Waals surface area contributed by atoms with Crippen LogP contribution in [0.5, 0.6) is 0 Å². The van der Waals surface area contributed by atoms with Gasteiger partial charge in [0.1, 0.15) is 10.7 Å². The Bertz CT molecular complexity index is 542. The third-order valence-electron chi connectivity index (χ3n) is 3.52. The van der Waals surface area contributed by atoms with Gasteiger partial charge in [-0.15, -0.1) is 0 Å². The monoisotopic (exact) mass is 281 g/mol. The smallest absolute Gasteiger partial charge is 0.322 e. The van der Waals surface area contributed by atoms with Gasteiger partial charge in [-0.05, 0) is 18.9 Å². The van der Waals surface area contributed by atoms with E-state index in [1.807, 2.05) is 4.90 Å². The number of carbonyl (C=O) groups is 2. The van der Waals surface area contributed by atoms with Gasteiger partial charge in [-0.3, -0.25) is 10.1 Å². The average molecular weight is 282 g/mol. The number of carbonyl (C=O) groups excluding carboxylic acids is 2. The van der Waals surface area contributed by atoms with Gasteiger partial charge in [-0.1, -0.05) is 11.6 Å². The lowest BCUT2D eigenvalue weighted by Gasteiger charge is -2.36. The normalized spacial score (nSPS) is 21.4. The summed E-state index contributed by atoms with van der Waals surface area (Å²) < 4.78 is 0. The molecule has 0 bridgehead atoms. The van der Waals surface area contributed by atoms with Crippen molar-refractivity contribution in [1.82, 2.24) is 20.6 Å². The fourth-order valence-electron chi connectivity index (χ4n) is 2.45. The van der Waals surface area contributed by atoms with Gasteiger partial charge in [0.15, 0.2) is 0 Å². The summed E-state index contributed by atoms with van der Waals surface area (Å²) in [4.78, 5) is 33.3. The van der Waals surface area contributed by atoms with Crippen LogP contribution in [0.3, 0.4) is 0 Å². The first kappa shape index (κ1) is 12.2. The maximum Gasteiger partial charge on any atom is 0.322 e. The minimum absolute atomic E-state index is 0.246. The first-order valence-corrected chi connectivity index (χ1v) is 6.34. The van der Waals surface area contributed by atoms with Crippen molar-refractivity contribution in [1.29, 1.82) is 0 Å². The van der Waals surface area contributed by atoms with Crippen molar-refractivity contribution >= 4 is 29.5 Å². The van der Waals surface area contributed by atoms with Gasteiger partial charge in [-0.25, -0.2) is 14.8 Å². The average Bonchev–Trinajstić information content (AvgIpc) is 2.65. The molecule has 100 valence electrons. The molecule has 1 aromatic rings.